The van der Waals surface area contributed by atoms with Gasteiger partial charge in [-0.05, 0) is 37.5 Å². The highest BCUT2D eigenvalue weighted by atomic mass is 16.6. The molecule has 0 saturated carbocycles. The molecule has 2 saturated heterocycles. The first kappa shape index (κ1) is 29.9. The lowest BCUT2D eigenvalue weighted by Gasteiger charge is -2.55. The summed E-state index contributed by atoms with van der Waals surface area (Å²) in [5, 5.41) is 0. The SMILES string of the molecule is CC(C)(C)OC(=O)CN1C(=O)[C@@H]2[C@@H](OCc3ccccc3)[C@@H](OCc3ccccc3)[C@@H](COCc3ccccc3)O[C@@H]21. The number of nitrogens with zero attached hydrogens (tertiary/aromatic N) is 1. The van der Waals surface area contributed by atoms with Crippen molar-refractivity contribution in [2.45, 2.75) is 70.7 Å². The van der Waals surface area contributed by atoms with Gasteiger partial charge in [0.05, 0.1) is 26.4 Å². The number of benzene rings is 3. The molecule has 0 unspecified atom stereocenters. The maximum atomic E-state index is 13.5. The van der Waals surface area contributed by atoms with Gasteiger partial charge in [0.25, 0.3) is 0 Å². The standard InChI is InChI=1S/C34H39NO7/c1-34(2,3)42-28(36)19-35-32(37)29-31(40-22-26-17-11-6-12-18-26)30(39-21-25-15-9-5-10-16-25)27(41-33(29)35)23-38-20-24-13-7-4-8-14-24/h4-18,27,29-31,33H,19-23H2,1-3H3/t27-,29+,30+,31-,33+/m1/s1. The second-order valence-electron chi connectivity index (χ2n) is 11.7. The fourth-order valence-corrected chi connectivity index (χ4v) is 5.30. The average Bonchev–Trinajstić information content (AvgIpc) is 2.98. The molecule has 0 radical (unpaired) electrons. The molecule has 2 aliphatic rings. The van der Waals surface area contributed by atoms with Crippen molar-refractivity contribution in [1.82, 2.24) is 4.90 Å². The Labute approximate surface area is 247 Å². The van der Waals surface area contributed by atoms with E-state index < -0.39 is 42.0 Å². The predicted molar refractivity (Wildman–Crippen MR) is 156 cm³/mol. The molecule has 0 aromatic heterocycles. The van der Waals surface area contributed by atoms with E-state index in [1.54, 1.807) is 20.8 Å². The number of fused-ring (bicyclic) bond motifs is 1. The molecule has 5 rings (SSSR count). The zero-order valence-electron chi connectivity index (χ0n) is 24.4. The second-order valence-corrected chi connectivity index (χ2v) is 11.7. The van der Waals surface area contributed by atoms with Crippen LogP contribution in [-0.4, -0.2) is 60.1 Å². The molecule has 3 aromatic carbocycles. The molecule has 8 heteroatoms. The van der Waals surface area contributed by atoms with E-state index >= 15 is 0 Å². The Morgan fingerprint density at radius 1 is 0.762 bits per heavy atom. The highest BCUT2D eigenvalue weighted by molar-refractivity contribution is 5.90. The van der Waals surface area contributed by atoms with Gasteiger partial charge in [-0.3, -0.25) is 9.59 Å². The van der Waals surface area contributed by atoms with Crippen LogP contribution in [0, 0.1) is 5.92 Å². The van der Waals surface area contributed by atoms with Gasteiger partial charge in [-0.1, -0.05) is 91.0 Å². The van der Waals surface area contributed by atoms with Gasteiger partial charge in [-0.2, -0.15) is 0 Å². The lowest BCUT2D eigenvalue weighted by molar-refractivity contribution is -0.296. The zero-order valence-corrected chi connectivity index (χ0v) is 24.4. The molecule has 0 bridgehead atoms. The molecule has 1 amide bonds. The van der Waals surface area contributed by atoms with Gasteiger partial charge in [-0.25, -0.2) is 0 Å². The molecule has 2 heterocycles. The van der Waals surface area contributed by atoms with Crippen molar-refractivity contribution in [3.8, 4) is 0 Å². The smallest absolute Gasteiger partial charge is 0.326 e. The summed E-state index contributed by atoms with van der Waals surface area (Å²) in [4.78, 5) is 27.6. The van der Waals surface area contributed by atoms with Crippen LogP contribution in [0.15, 0.2) is 91.0 Å². The number of likely N-dealkylation sites (tertiary alicyclic amines) is 1. The molecule has 0 N–H and O–H groups in total. The van der Waals surface area contributed by atoms with Crippen LogP contribution in [0.2, 0.25) is 0 Å². The van der Waals surface area contributed by atoms with Crippen molar-refractivity contribution in [3.63, 3.8) is 0 Å². The number of amides is 1. The van der Waals surface area contributed by atoms with E-state index in [0.717, 1.165) is 16.7 Å². The lowest BCUT2D eigenvalue weighted by Crippen LogP contribution is -2.74. The summed E-state index contributed by atoms with van der Waals surface area (Å²) in [6.45, 7) is 6.43. The summed E-state index contributed by atoms with van der Waals surface area (Å²) >= 11 is 0. The Hall–Kier alpha value is -3.56. The lowest BCUT2D eigenvalue weighted by atomic mass is 9.82. The first-order valence-corrected chi connectivity index (χ1v) is 14.4. The van der Waals surface area contributed by atoms with E-state index in [0.29, 0.717) is 19.8 Å². The van der Waals surface area contributed by atoms with Gasteiger partial charge in [0.1, 0.15) is 42.6 Å². The molecule has 0 spiro atoms. The van der Waals surface area contributed by atoms with Crippen LogP contribution in [0.1, 0.15) is 37.5 Å². The maximum Gasteiger partial charge on any atom is 0.326 e. The van der Waals surface area contributed by atoms with Gasteiger partial charge in [-0.15, -0.1) is 0 Å². The summed E-state index contributed by atoms with van der Waals surface area (Å²) in [6, 6.07) is 29.6. The summed E-state index contributed by atoms with van der Waals surface area (Å²) in [5.74, 6) is -1.33. The molecule has 0 aliphatic carbocycles. The highest BCUT2D eigenvalue weighted by Gasteiger charge is 2.61. The van der Waals surface area contributed by atoms with Crippen LogP contribution >= 0.6 is 0 Å². The monoisotopic (exact) mass is 573 g/mol. The number of carbonyl (C=O) groups excluding carboxylic acids is 2. The van der Waals surface area contributed by atoms with Gasteiger partial charge < -0.3 is 28.6 Å². The summed E-state index contributed by atoms with van der Waals surface area (Å²) in [7, 11) is 0. The Morgan fingerprint density at radius 3 is 1.79 bits per heavy atom. The Morgan fingerprint density at radius 2 is 1.26 bits per heavy atom. The van der Waals surface area contributed by atoms with Crippen LogP contribution < -0.4 is 0 Å². The third kappa shape index (κ3) is 7.63. The van der Waals surface area contributed by atoms with E-state index in [1.165, 1.54) is 4.90 Å². The van der Waals surface area contributed by atoms with Crippen LogP contribution in [0.25, 0.3) is 0 Å². The van der Waals surface area contributed by atoms with Crippen LogP contribution in [0.5, 0.6) is 0 Å². The van der Waals surface area contributed by atoms with E-state index in [2.05, 4.69) is 0 Å². The van der Waals surface area contributed by atoms with E-state index in [9.17, 15) is 9.59 Å². The molecular formula is C34H39NO7. The van der Waals surface area contributed by atoms with Crippen molar-refractivity contribution in [1.29, 1.82) is 0 Å². The number of carbonyl (C=O) groups is 2. The first-order valence-electron chi connectivity index (χ1n) is 14.4. The minimum Gasteiger partial charge on any atom is -0.459 e. The van der Waals surface area contributed by atoms with Crippen LogP contribution in [0.4, 0.5) is 0 Å². The van der Waals surface area contributed by atoms with Crippen molar-refractivity contribution in [3.05, 3.63) is 108 Å². The fraction of sp³-hybridized carbons (Fsp3) is 0.412. The van der Waals surface area contributed by atoms with Crippen molar-refractivity contribution >= 4 is 11.9 Å². The van der Waals surface area contributed by atoms with Crippen molar-refractivity contribution < 1.29 is 33.3 Å². The molecule has 8 nitrogen and oxygen atoms in total. The largest absolute Gasteiger partial charge is 0.459 e. The van der Waals surface area contributed by atoms with E-state index in [4.69, 9.17) is 23.7 Å². The number of esters is 1. The summed E-state index contributed by atoms with van der Waals surface area (Å²) < 4.78 is 31.0. The predicted octanol–water partition coefficient (Wildman–Crippen LogP) is 4.90. The van der Waals surface area contributed by atoms with Gasteiger partial charge in [0, 0.05) is 0 Å². The Bertz CT molecular complexity index is 1300. The molecule has 3 aromatic rings. The number of hydrogen-bond donors (Lipinski definition) is 0. The van der Waals surface area contributed by atoms with E-state index in [-0.39, 0.29) is 19.1 Å². The summed E-state index contributed by atoms with van der Waals surface area (Å²) in [5.41, 5.74) is 2.35. The minimum atomic E-state index is -0.663. The fourth-order valence-electron chi connectivity index (χ4n) is 5.30. The Kier molecular flexibility index (Phi) is 9.69. The highest BCUT2D eigenvalue weighted by Crippen LogP contribution is 2.41. The second kappa shape index (κ2) is 13.6. The number of rotatable bonds is 12. The molecule has 2 aliphatic heterocycles. The molecule has 222 valence electrons. The topological polar surface area (TPSA) is 83.5 Å². The Balaban J connectivity index is 1.37. The summed E-state index contributed by atoms with van der Waals surface area (Å²) in [6.07, 6.45) is -2.40. The molecular weight excluding hydrogens is 534 g/mol. The van der Waals surface area contributed by atoms with Gasteiger partial charge in [0.2, 0.25) is 5.91 Å². The van der Waals surface area contributed by atoms with Gasteiger partial charge in [0.15, 0.2) is 0 Å². The molecule has 42 heavy (non-hydrogen) atoms. The normalized spacial score (nSPS) is 23.6. The van der Waals surface area contributed by atoms with E-state index in [1.807, 2.05) is 91.0 Å². The maximum absolute atomic E-state index is 13.5. The number of ether oxygens (including phenoxy) is 5. The van der Waals surface area contributed by atoms with Crippen LogP contribution in [0.3, 0.4) is 0 Å². The van der Waals surface area contributed by atoms with Crippen LogP contribution in [-0.2, 0) is 53.1 Å². The molecule has 5 atom stereocenters. The number of β-lactam (4-membered cyclic amide) rings is 1. The first-order chi connectivity index (χ1) is 20.3. The zero-order chi connectivity index (χ0) is 29.5. The number of hydrogen-bond acceptors (Lipinski definition) is 7. The minimum absolute atomic E-state index is 0.199. The van der Waals surface area contributed by atoms with Gasteiger partial charge >= 0.3 is 5.97 Å². The van der Waals surface area contributed by atoms with Crippen molar-refractivity contribution in [2.75, 3.05) is 13.2 Å². The third-order valence-electron chi connectivity index (χ3n) is 7.22. The van der Waals surface area contributed by atoms with Crippen molar-refractivity contribution in [2.24, 2.45) is 5.92 Å². The average molecular weight is 574 g/mol. The third-order valence-corrected chi connectivity index (χ3v) is 7.22. The molecule has 2 fully saturated rings. The quantitative estimate of drug-likeness (QED) is 0.225.